The van der Waals surface area contributed by atoms with Crippen LogP contribution in [-0.2, 0) is 27.3 Å². The first kappa shape index (κ1) is 18.4. The fraction of sp³-hybridized carbons (Fsp3) is 0.263. The molecule has 0 aliphatic rings. The number of methoxy groups -OCH3 is 1. The van der Waals surface area contributed by atoms with Crippen LogP contribution in [0.15, 0.2) is 42.5 Å². The molecule has 0 bridgehead atoms. The molecule has 0 heterocycles. The second-order valence-electron chi connectivity index (χ2n) is 5.56. The minimum atomic E-state index is -0.513. The van der Waals surface area contributed by atoms with Crippen LogP contribution in [0.5, 0.6) is 5.75 Å². The lowest BCUT2D eigenvalue weighted by Crippen LogP contribution is -2.28. The number of halogens is 1. The maximum absolute atomic E-state index is 12.8. The molecule has 6 heteroatoms. The maximum Gasteiger partial charge on any atom is 0.310 e. The fourth-order valence-corrected chi connectivity index (χ4v) is 2.25. The average Bonchev–Trinajstić information content (AvgIpc) is 2.59. The van der Waals surface area contributed by atoms with Crippen LogP contribution in [-0.4, -0.2) is 25.6 Å². The summed E-state index contributed by atoms with van der Waals surface area (Å²) >= 11 is 0. The van der Waals surface area contributed by atoms with Crippen molar-refractivity contribution < 1.29 is 23.5 Å². The summed E-state index contributed by atoms with van der Waals surface area (Å²) in [4.78, 5) is 23.6. The summed E-state index contributed by atoms with van der Waals surface area (Å²) in [5.74, 6) is -0.673. The van der Waals surface area contributed by atoms with Crippen LogP contribution in [0.3, 0.4) is 0 Å². The summed E-state index contributed by atoms with van der Waals surface area (Å²) in [5, 5.41) is 2.61. The molecule has 1 N–H and O–H groups in total. The van der Waals surface area contributed by atoms with Crippen LogP contribution in [0.2, 0.25) is 0 Å². The molecule has 132 valence electrons. The van der Waals surface area contributed by atoms with Gasteiger partial charge < -0.3 is 14.8 Å². The van der Waals surface area contributed by atoms with Gasteiger partial charge in [-0.05, 0) is 30.7 Å². The van der Waals surface area contributed by atoms with Crippen molar-refractivity contribution in [3.8, 4) is 5.75 Å². The van der Waals surface area contributed by atoms with Gasteiger partial charge in [-0.3, -0.25) is 9.59 Å². The minimum Gasteiger partial charge on any atom is -0.496 e. The van der Waals surface area contributed by atoms with E-state index in [1.807, 2.05) is 19.1 Å². The van der Waals surface area contributed by atoms with E-state index in [4.69, 9.17) is 9.47 Å². The number of nitrogens with one attached hydrogen (secondary N) is 1. The highest BCUT2D eigenvalue weighted by atomic mass is 19.1. The van der Waals surface area contributed by atoms with E-state index >= 15 is 0 Å². The highest BCUT2D eigenvalue weighted by Crippen LogP contribution is 2.20. The predicted molar refractivity (Wildman–Crippen MR) is 90.6 cm³/mol. The van der Waals surface area contributed by atoms with Gasteiger partial charge in [0.25, 0.3) is 5.91 Å². The standard InChI is InChI=1S/C19H20FNO4/c1-13-3-8-17(24-2)15(9-13)10-19(23)25-12-18(22)21-11-14-4-6-16(20)7-5-14/h3-9H,10-12H2,1-2H3,(H,21,22). The molecule has 2 aromatic carbocycles. The highest BCUT2D eigenvalue weighted by molar-refractivity contribution is 5.81. The number of carbonyl (C=O) groups is 2. The van der Waals surface area contributed by atoms with Gasteiger partial charge in [-0.15, -0.1) is 0 Å². The molecular weight excluding hydrogens is 325 g/mol. The Morgan fingerprint density at radius 1 is 1.12 bits per heavy atom. The Bertz CT molecular complexity index is 744. The number of ether oxygens (including phenoxy) is 2. The molecule has 0 saturated heterocycles. The highest BCUT2D eigenvalue weighted by Gasteiger charge is 2.12. The first-order valence-corrected chi connectivity index (χ1v) is 7.78. The normalized spacial score (nSPS) is 10.2. The lowest BCUT2D eigenvalue weighted by atomic mass is 10.1. The van der Waals surface area contributed by atoms with Gasteiger partial charge in [0.15, 0.2) is 6.61 Å². The lowest BCUT2D eigenvalue weighted by molar-refractivity contribution is -0.147. The Morgan fingerprint density at radius 2 is 1.84 bits per heavy atom. The second-order valence-corrected chi connectivity index (χ2v) is 5.56. The molecule has 0 spiro atoms. The smallest absolute Gasteiger partial charge is 0.310 e. The van der Waals surface area contributed by atoms with Crippen LogP contribution in [0, 0.1) is 12.7 Å². The number of esters is 1. The summed E-state index contributed by atoms with van der Waals surface area (Å²) in [7, 11) is 1.53. The first-order chi connectivity index (χ1) is 12.0. The molecule has 5 nitrogen and oxygen atoms in total. The van der Waals surface area contributed by atoms with E-state index in [-0.39, 0.29) is 25.4 Å². The zero-order chi connectivity index (χ0) is 18.2. The quantitative estimate of drug-likeness (QED) is 0.783. The Labute approximate surface area is 145 Å². The van der Waals surface area contributed by atoms with Gasteiger partial charge in [0, 0.05) is 12.1 Å². The average molecular weight is 345 g/mol. The van der Waals surface area contributed by atoms with Crippen molar-refractivity contribution in [1.82, 2.24) is 5.32 Å². The zero-order valence-electron chi connectivity index (χ0n) is 14.2. The number of carbonyl (C=O) groups excluding carboxylic acids is 2. The third-order valence-electron chi connectivity index (χ3n) is 3.54. The van der Waals surface area contributed by atoms with Crippen molar-refractivity contribution in [3.05, 3.63) is 65.0 Å². The second kappa shape index (κ2) is 8.82. The molecule has 25 heavy (non-hydrogen) atoms. The number of aryl methyl sites for hydroxylation is 1. The maximum atomic E-state index is 12.8. The number of amides is 1. The van der Waals surface area contributed by atoms with Crippen molar-refractivity contribution in [2.45, 2.75) is 19.9 Å². The van der Waals surface area contributed by atoms with Gasteiger partial charge in [0.05, 0.1) is 13.5 Å². The summed E-state index contributed by atoms with van der Waals surface area (Å²) < 4.78 is 23.0. The third kappa shape index (κ3) is 5.91. The van der Waals surface area contributed by atoms with Gasteiger partial charge in [-0.2, -0.15) is 0 Å². The van der Waals surface area contributed by atoms with Crippen LogP contribution in [0.4, 0.5) is 4.39 Å². The molecule has 0 unspecified atom stereocenters. The van der Waals surface area contributed by atoms with Crippen molar-refractivity contribution in [2.75, 3.05) is 13.7 Å². The fourth-order valence-electron chi connectivity index (χ4n) is 2.25. The number of benzene rings is 2. The van der Waals surface area contributed by atoms with Crippen molar-refractivity contribution >= 4 is 11.9 Å². The Kier molecular flexibility index (Phi) is 6.51. The van der Waals surface area contributed by atoms with Crippen LogP contribution in [0.25, 0.3) is 0 Å². The van der Waals surface area contributed by atoms with E-state index in [9.17, 15) is 14.0 Å². The molecule has 0 aromatic heterocycles. The molecule has 0 fully saturated rings. The number of hydrogen-bond donors (Lipinski definition) is 1. The third-order valence-corrected chi connectivity index (χ3v) is 3.54. The lowest BCUT2D eigenvalue weighted by Gasteiger charge is -2.10. The monoisotopic (exact) mass is 345 g/mol. The van der Waals surface area contributed by atoms with E-state index < -0.39 is 11.9 Å². The summed E-state index contributed by atoms with van der Waals surface area (Å²) in [6.45, 7) is 1.79. The molecular formula is C19H20FNO4. The van der Waals surface area contributed by atoms with Gasteiger partial charge >= 0.3 is 5.97 Å². The van der Waals surface area contributed by atoms with E-state index in [0.29, 0.717) is 11.3 Å². The molecule has 2 rings (SSSR count). The predicted octanol–water partition coefficient (Wildman–Crippen LogP) is 2.54. The van der Waals surface area contributed by atoms with E-state index in [0.717, 1.165) is 11.1 Å². The Morgan fingerprint density at radius 3 is 2.52 bits per heavy atom. The molecule has 2 aromatic rings. The Hall–Kier alpha value is -2.89. The Balaban J connectivity index is 1.78. The summed E-state index contributed by atoms with van der Waals surface area (Å²) in [6, 6.07) is 11.3. The van der Waals surface area contributed by atoms with Gasteiger partial charge in [-0.25, -0.2) is 4.39 Å². The van der Waals surface area contributed by atoms with Crippen molar-refractivity contribution in [2.24, 2.45) is 0 Å². The number of hydrogen-bond acceptors (Lipinski definition) is 4. The zero-order valence-corrected chi connectivity index (χ0v) is 14.2. The van der Waals surface area contributed by atoms with Gasteiger partial charge in [0.2, 0.25) is 0 Å². The molecule has 0 saturated carbocycles. The molecule has 0 radical (unpaired) electrons. The van der Waals surface area contributed by atoms with E-state index in [1.165, 1.54) is 19.2 Å². The topological polar surface area (TPSA) is 64.6 Å². The molecule has 0 aliphatic heterocycles. The summed E-state index contributed by atoms with van der Waals surface area (Å²) in [6.07, 6.45) is 0.0239. The summed E-state index contributed by atoms with van der Waals surface area (Å²) in [5.41, 5.74) is 2.46. The van der Waals surface area contributed by atoms with Gasteiger partial charge in [-0.1, -0.05) is 29.8 Å². The molecule has 0 atom stereocenters. The van der Waals surface area contributed by atoms with Crippen LogP contribution in [0.1, 0.15) is 16.7 Å². The number of rotatable bonds is 7. The molecule has 1 amide bonds. The van der Waals surface area contributed by atoms with Crippen LogP contribution >= 0.6 is 0 Å². The van der Waals surface area contributed by atoms with Gasteiger partial charge in [0.1, 0.15) is 11.6 Å². The first-order valence-electron chi connectivity index (χ1n) is 7.78. The molecule has 0 aliphatic carbocycles. The van der Waals surface area contributed by atoms with Crippen molar-refractivity contribution in [1.29, 1.82) is 0 Å². The van der Waals surface area contributed by atoms with E-state index in [2.05, 4.69) is 5.32 Å². The minimum absolute atomic E-state index is 0.0239. The van der Waals surface area contributed by atoms with E-state index in [1.54, 1.807) is 18.2 Å². The van der Waals surface area contributed by atoms with Crippen LogP contribution < -0.4 is 10.1 Å². The SMILES string of the molecule is COc1ccc(C)cc1CC(=O)OCC(=O)NCc1ccc(F)cc1. The van der Waals surface area contributed by atoms with Crippen molar-refractivity contribution in [3.63, 3.8) is 0 Å². The largest absolute Gasteiger partial charge is 0.496 e.